The van der Waals surface area contributed by atoms with E-state index >= 15 is 0 Å². The van der Waals surface area contributed by atoms with Gasteiger partial charge in [-0.25, -0.2) is 4.98 Å². The molecule has 0 aliphatic carbocycles. The summed E-state index contributed by atoms with van der Waals surface area (Å²) in [5.74, 6) is 1.24. The summed E-state index contributed by atoms with van der Waals surface area (Å²) < 4.78 is 11.7. The van der Waals surface area contributed by atoms with Crippen molar-refractivity contribution in [2.75, 3.05) is 19.7 Å². The molecule has 32 heavy (non-hydrogen) atoms. The third kappa shape index (κ3) is 5.56. The van der Waals surface area contributed by atoms with Crippen LogP contribution in [0.25, 0.3) is 11.5 Å². The highest BCUT2D eigenvalue weighted by Crippen LogP contribution is 2.24. The van der Waals surface area contributed by atoms with Gasteiger partial charge < -0.3 is 19.4 Å². The summed E-state index contributed by atoms with van der Waals surface area (Å²) in [7, 11) is 0. The second kappa shape index (κ2) is 10.5. The molecule has 1 atom stereocenters. The van der Waals surface area contributed by atoms with Crippen molar-refractivity contribution in [1.29, 1.82) is 0 Å². The SMILES string of the molecule is Cc1nc(-c2ccc(OCCCN3CCCC3C)cc2)oc1C(=O)NCc1ccccc1. The van der Waals surface area contributed by atoms with Crippen molar-refractivity contribution in [3.05, 3.63) is 71.6 Å². The molecule has 0 saturated carbocycles. The van der Waals surface area contributed by atoms with Crippen molar-refractivity contribution in [2.24, 2.45) is 0 Å². The lowest BCUT2D eigenvalue weighted by atomic mass is 10.2. The van der Waals surface area contributed by atoms with Gasteiger partial charge in [-0.1, -0.05) is 30.3 Å². The molecule has 0 radical (unpaired) electrons. The van der Waals surface area contributed by atoms with Crippen LogP contribution >= 0.6 is 0 Å². The Hall–Kier alpha value is -3.12. The van der Waals surface area contributed by atoms with Crippen LogP contribution in [0.15, 0.2) is 59.0 Å². The van der Waals surface area contributed by atoms with Gasteiger partial charge in [0.25, 0.3) is 5.91 Å². The molecule has 1 amide bonds. The average molecular weight is 434 g/mol. The molecular weight excluding hydrogens is 402 g/mol. The minimum atomic E-state index is -0.266. The summed E-state index contributed by atoms with van der Waals surface area (Å²) in [6.07, 6.45) is 3.63. The summed E-state index contributed by atoms with van der Waals surface area (Å²) in [6.45, 7) is 7.52. The fourth-order valence-electron chi connectivity index (χ4n) is 4.07. The molecule has 1 aliphatic rings. The fraction of sp³-hybridized carbons (Fsp3) is 0.385. The van der Waals surface area contributed by atoms with Crippen LogP contribution < -0.4 is 10.1 Å². The number of hydrogen-bond donors (Lipinski definition) is 1. The number of amides is 1. The Labute approximate surface area is 189 Å². The molecule has 6 nitrogen and oxygen atoms in total. The molecule has 4 rings (SSSR count). The molecule has 1 aromatic heterocycles. The Bertz CT molecular complexity index is 1010. The number of benzene rings is 2. The maximum absolute atomic E-state index is 12.5. The zero-order valence-corrected chi connectivity index (χ0v) is 18.8. The van der Waals surface area contributed by atoms with Crippen molar-refractivity contribution in [3.63, 3.8) is 0 Å². The van der Waals surface area contributed by atoms with Crippen LogP contribution in [0.1, 0.15) is 48.0 Å². The highest BCUT2D eigenvalue weighted by atomic mass is 16.5. The maximum atomic E-state index is 12.5. The van der Waals surface area contributed by atoms with Crippen molar-refractivity contribution < 1.29 is 13.9 Å². The van der Waals surface area contributed by atoms with Crippen molar-refractivity contribution in [3.8, 4) is 17.2 Å². The van der Waals surface area contributed by atoms with Gasteiger partial charge in [0.05, 0.1) is 12.3 Å². The van der Waals surface area contributed by atoms with E-state index in [0.29, 0.717) is 30.8 Å². The molecule has 1 saturated heterocycles. The number of hydrogen-bond acceptors (Lipinski definition) is 5. The smallest absolute Gasteiger partial charge is 0.289 e. The fourth-order valence-corrected chi connectivity index (χ4v) is 4.07. The summed E-state index contributed by atoms with van der Waals surface area (Å²) in [5, 5.41) is 2.89. The average Bonchev–Trinajstić information content (AvgIpc) is 3.41. The molecule has 2 aromatic carbocycles. The van der Waals surface area contributed by atoms with Crippen LogP contribution in [0, 0.1) is 6.92 Å². The van der Waals surface area contributed by atoms with Gasteiger partial charge in [-0.2, -0.15) is 0 Å². The van der Waals surface area contributed by atoms with Crippen molar-refractivity contribution in [1.82, 2.24) is 15.2 Å². The van der Waals surface area contributed by atoms with Crippen LogP contribution in [0.2, 0.25) is 0 Å². The maximum Gasteiger partial charge on any atom is 0.289 e. The number of oxazole rings is 1. The minimum Gasteiger partial charge on any atom is -0.494 e. The van der Waals surface area contributed by atoms with Gasteiger partial charge in [0, 0.05) is 24.7 Å². The van der Waals surface area contributed by atoms with Crippen LogP contribution in [-0.2, 0) is 6.54 Å². The Morgan fingerprint density at radius 1 is 1.19 bits per heavy atom. The summed E-state index contributed by atoms with van der Waals surface area (Å²) in [6, 6.07) is 18.1. The lowest BCUT2D eigenvalue weighted by Gasteiger charge is -2.20. The van der Waals surface area contributed by atoms with E-state index in [1.54, 1.807) is 6.92 Å². The van der Waals surface area contributed by atoms with Crippen LogP contribution in [0.4, 0.5) is 0 Å². The molecule has 2 heterocycles. The first-order chi connectivity index (χ1) is 15.6. The topological polar surface area (TPSA) is 67.6 Å². The number of carbonyl (C=O) groups excluding carboxylic acids is 1. The molecule has 3 aromatic rings. The lowest BCUT2D eigenvalue weighted by Crippen LogP contribution is -2.28. The van der Waals surface area contributed by atoms with Crippen molar-refractivity contribution in [2.45, 2.75) is 45.7 Å². The standard InChI is InChI=1S/C26H31N3O3/c1-19-8-6-15-29(19)16-7-17-31-23-13-11-22(12-14-23)26-28-20(2)24(32-26)25(30)27-18-21-9-4-3-5-10-21/h3-5,9-14,19H,6-8,15-18H2,1-2H3,(H,27,30). The van der Waals surface area contributed by atoms with Gasteiger partial charge in [-0.3, -0.25) is 4.79 Å². The van der Waals surface area contributed by atoms with E-state index in [1.165, 1.54) is 19.4 Å². The predicted octanol–water partition coefficient (Wildman–Crippen LogP) is 4.83. The Balaban J connectivity index is 1.29. The molecule has 1 fully saturated rings. The number of rotatable bonds is 9. The molecule has 1 aliphatic heterocycles. The minimum absolute atomic E-state index is 0.243. The number of nitrogens with zero attached hydrogens (tertiary/aromatic N) is 2. The van der Waals surface area contributed by atoms with E-state index in [2.05, 4.69) is 22.1 Å². The summed E-state index contributed by atoms with van der Waals surface area (Å²) in [5.41, 5.74) is 2.42. The lowest BCUT2D eigenvalue weighted by molar-refractivity contribution is 0.0923. The van der Waals surface area contributed by atoms with Crippen LogP contribution in [-0.4, -0.2) is 41.5 Å². The third-order valence-corrected chi connectivity index (χ3v) is 5.95. The van der Waals surface area contributed by atoms with E-state index in [0.717, 1.165) is 29.8 Å². The first kappa shape index (κ1) is 22.1. The number of likely N-dealkylation sites (tertiary alicyclic amines) is 1. The molecule has 168 valence electrons. The van der Waals surface area contributed by atoms with Gasteiger partial charge in [0.1, 0.15) is 5.75 Å². The van der Waals surface area contributed by atoms with E-state index in [1.807, 2.05) is 54.6 Å². The summed E-state index contributed by atoms with van der Waals surface area (Å²) in [4.78, 5) is 19.5. The Kier molecular flexibility index (Phi) is 7.22. The quantitative estimate of drug-likeness (QED) is 0.490. The molecule has 0 spiro atoms. The molecule has 1 N–H and O–H groups in total. The van der Waals surface area contributed by atoms with Gasteiger partial charge in [-0.05, 0) is 69.5 Å². The molecule has 1 unspecified atom stereocenters. The molecular formula is C26H31N3O3. The molecule has 0 bridgehead atoms. The third-order valence-electron chi connectivity index (χ3n) is 5.95. The van der Waals surface area contributed by atoms with E-state index in [-0.39, 0.29) is 11.7 Å². The number of aromatic nitrogens is 1. The van der Waals surface area contributed by atoms with E-state index in [9.17, 15) is 4.79 Å². The van der Waals surface area contributed by atoms with Gasteiger partial charge >= 0.3 is 0 Å². The first-order valence-electron chi connectivity index (χ1n) is 11.4. The zero-order chi connectivity index (χ0) is 22.3. The predicted molar refractivity (Wildman–Crippen MR) is 125 cm³/mol. The largest absolute Gasteiger partial charge is 0.494 e. The number of carbonyl (C=O) groups is 1. The van der Waals surface area contributed by atoms with E-state index < -0.39 is 0 Å². The Morgan fingerprint density at radius 2 is 1.97 bits per heavy atom. The zero-order valence-electron chi connectivity index (χ0n) is 18.8. The second-order valence-corrected chi connectivity index (χ2v) is 8.36. The highest BCUT2D eigenvalue weighted by Gasteiger charge is 2.20. The molecule has 6 heteroatoms. The van der Waals surface area contributed by atoms with Gasteiger partial charge in [-0.15, -0.1) is 0 Å². The van der Waals surface area contributed by atoms with Gasteiger partial charge in [0.15, 0.2) is 0 Å². The summed E-state index contributed by atoms with van der Waals surface area (Å²) >= 11 is 0. The first-order valence-corrected chi connectivity index (χ1v) is 11.4. The number of ether oxygens (including phenoxy) is 1. The van der Waals surface area contributed by atoms with Crippen molar-refractivity contribution >= 4 is 5.91 Å². The number of aryl methyl sites for hydroxylation is 1. The highest BCUT2D eigenvalue weighted by molar-refractivity contribution is 5.92. The number of nitrogens with one attached hydrogen (secondary N) is 1. The monoisotopic (exact) mass is 433 g/mol. The van der Waals surface area contributed by atoms with Crippen LogP contribution in [0.3, 0.4) is 0 Å². The normalized spacial score (nSPS) is 16.2. The Morgan fingerprint density at radius 3 is 2.69 bits per heavy atom. The van der Waals surface area contributed by atoms with Gasteiger partial charge in [0.2, 0.25) is 11.7 Å². The second-order valence-electron chi connectivity index (χ2n) is 8.36. The van der Waals surface area contributed by atoms with E-state index in [4.69, 9.17) is 9.15 Å². The van der Waals surface area contributed by atoms with Crippen LogP contribution in [0.5, 0.6) is 5.75 Å².